The van der Waals surface area contributed by atoms with Crippen LogP contribution in [0.25, 0.3) is 10.6 Å². The molecule has 0 aliphatic carbocycles. The largest absolute Gasteiger partial charge is 0.241 e. The Bertz CT molecular complexity index is 785. The lowest BCUT2D eigenvalue weighted by molar-refractivity contribution is 0.590. The first kappa shape index (κ1) is 15.7. The van der Waals surface area contributed by atoms with E-state index in [0.29, 0.717) is 12.2 Å². The van der Waals surface area contributed by atoms with Crippen LogP contribution < -0.4 is 0 Å². The van der Waals surface area contributed by atoms with Crippen LogP contribution in [0.4, 0.5) is 0 Å². The van der Waals surface area contributed by atoms with Crippen molar-refractivity contribution >= 4 is 21.2 Å². The molecule has 22 heavy (non-hydrogen) atoms. The summed E-state index contributed by atoms with van der Waals surface area (Å²) in [4.78, 5) is 4.71. The van der Waals surface area contributed by atoms with E-state index in [1.165, 1.54) is 5.56 Å². The number of benzene rings is 1. The van der Waals surface area contributed by atoms with Crippen LogP contribution in [0.15, 0.2) is 29.6 Å². The molecule has 0 bridgehead atoms. The molecule has 1 aliphatic heterocycles. The highest BCUT2D eigenvalue weighted by Crippen LogP contribution is 2.34. The second-order valence-electron chi connectivity index (χ2n) is 7.01. The molecule has 1 aromatic heterocycles. The van der Waals surface area contributed by atoms with Crippen LogP contribution in [0.2, 0.25) is 0 Å². The van der Waals surface area contributed by atoms with Crippen molar-refractivity contribution in [1.29, 1.82) is 0 Å². The lowest BCUT2D eigenvalue weighted by Gasteiger charge is -2.19. The van der Waals surface area contributed by atoms with E-state index < -0.39 is 9.84 Å². The van der Waals surface area contributed by atoms with Gasteiger partial charge in [-0.3, -0.25) is 0 Å². The fraction of sp³-hybridized carbons (Fsp3) is 0.471. The van der Waals surface area contributed by atoms with Gasteiger partial charge in [-0.25, -0.2) is 13.4 Å². The molecule has 1 aromatic carbocycles. The molecule has 0 amide bonds. The van der Waals surface area contributed by atoms with Gasteiger partial charge in [-0.1, -0.05) is 39.0 Å². The van der Waals surface area contributed by atoms with Crippen molar-refractivity contribution in [3.05, 3.63) is 40.9 Å². The van der Waals surface area contributed by atoms with Gasteiger partial charge in [0.05, 0.1) is 17.2 Å². The fourth-order valence-corrected chi connectivity index (χ4v) is 5.41. The molecule has 1 fully saturated rings. The molecular formula is C17H21NO2S2. The lowest BCUT2D eigenvalue weighted by Crippen LogP contribution is -2.10. The van der Waals surface area contributed by atoms with Gasteiger partial charge in [-0.2, -0.15) is 0 Å². The average molecular weight is 335 g/mol. The summed E-state index contributed by atoms with van der Waals surface area (Å²) >= 11 is 1.60. The Balaban J connectivity index is 1.88. The Hall–Kier alpha value is -1.20. The van der Waals surface area contributed by atoms with Gasteiger partial charge in [-0.05, 0) is 23.5 Å². The van der Waals surface area contributed by atoms with Crippen molar-refractivity contribution in [2.75, 3.05) is 11.5 Å². The number of nitrogens with zero attached hydrogens (tertiary/aromatic N) is 1. The molecule has 0 saturated carbocycles. The molecule has 1 aliphatic rings. The van der Waals surface area contributed by atoms with Crippen LogP contribution in [0, 0.1) is 0 Å². The van der Waals surface area contributed by atoms with Gasteiger partial charge in [0, 0.05) is 16.9 Å². The van der Waals surface area contributed by atoms with Crippen LogP contribution >= 0.6 is 11.3 Å². The third kappa shape index (κ3) is 3.25. The molecule has 3 rings (SSSR count). The molecule has 0 radical (unpaired) electrons. The van der Waals surface area contributed by atoms with E-state index >= 15 is 0 Å². The van der Waals surface area contributed by atoms with Crippen molar-refractivity contribution in [3.63, 3.8) is 0 Å². The first-order valence-electron chi connectivity index (χ1n) is 7.51. The lowest BCUT2D eigenvalue weighted by atomic mass is 9.86. The summed E-state index contributed by atoms with van der Waals surface area (Å²) < 4.78 is 23.2. The molecule has 0 spiro atoms. The maximum Gasteiger partial charge on any atom is 0.151 e. The van der Waals surface area contributed by atoms with Crippen LogP contribution in [-0.2, 0) is 15.3 Å². The molecule has 2 heterocycles. The minimum atomic E-state index is -2.86. The topological polar surface area (TPSA) is 47.0 Å². The van der Waals surface area contributed by atoms with Gasteiger partial charge >= 0.3 is 0 Å². The highest BCUT2D eigenvalue weighted by Gasteiger charge is 2.30. The highest BCUT2D eigenvalue weighted by atomic mass is 32.2. The van der Waals surface area contributed by atoms with Crippen molar-refractivity contribution in [2.45, 2.75) is 38.5 Å². The van der Waals surface area contributed by atoms with Crippen LogP contribution in [0.1, 0.15) is 44.4 Å². The molecule has 1 saturated heterocycles. The van der Waals surface area contributed by atoms with E-state index in [-0.39, 0.29) is 17.1 Å². The zero-order chi connectivity index (χ0) is 16.0. The Kier molecular flexibility index (Phi) is 3.89. The summed E-state index contributed by atoms with van der Waals surface area (Å²) in [6.45, 7) is 6.59. The summed E-state index contributed by atoms with van der Waals surface area (Å²) in [7, 11) is -2.86. The van der Waals surface area contributed by atoms with Crippen molar-refractivity contribution < 1.29 is 8.42 Å². The normalized spacial score (nSPS) is 21.1. The van der Waals surface area contributed by atoms with Crippen molar-refractivity contribution in [3.8, 4) is 10.6 Å². The van der Waals surface area contributed by atoms with Gasteiger partial charge in [-0.15, -0.1) is 11.3 Å². The second kappa shape index (κ2) is 5.46. The number of sulfone groups is 1. The molecule has 0 N–H and O–H groups in total. The minimum absolute atomic E-state index is 0.0702. The summed E-state index contributed by atoms with van der Waals surface area (Å²) in [6.07, 6.45) is 0.702. The Labute approximate surface area is 136 Å². The predicted octanol–water partition coefficient (Wildman–Crippen LogP) is 4.01. The molecule has 1 unspecified atom stereocenters. The first-order chi connectivity index (χ1) is 10.2. The van der Waals surface area contributed by atoms with Gasteiger partial charge in [0.2, 0.25) is 0 Å². The third-order valence-electron chi connectivity index (χ3n) is 4.15. The average Bonchev–Trinajstić information content (AvgIpc) is 3.04. The standard InChI is InChI=1S/C17H21NO2S2/c1-17(2,3)14-6-4-5-12(9-14)16-18-15(10-21-16)13-7-8-22(19,20)11-13/h4-6,9-10,13H,7-8,11H2,1-3H3. The fourth-order valence-electron chi connectivity index (χ4n) is 2.75. The summed E-state index contributed by atoms with van der Waals surface area (Å²) in [5, 5.41) is 3.00. The van der Waals surface area contributed by atoms with E-state index in [1.54, 1.807) is 11.3 Å². The summed E-state index contributed by atoms with van der Waals surface area (Å²) in [6, 6.07) is 8.47. The number of hydrogen-bond donors (Lipinski definition) is 0. The van der Waals surface area contributed by atoms with Gasteiger partial charge in [0.1, 0.15) is 5.01 Å². The molecule has 2 aromatic rings. The Morgan fingerprint density at radius 1 is 1.27 bits per heavy atom. The zero-order valence-corrected chi connectivity index (χ0v) is 14.8. The van der Waals surface area contributed by atoms with Crippen LogP contribution in [0.5, 0.6) is 0 Å². The van der Waals surface area contributed by atoms with E-state index in [9.17, 15) is 8.42 Å². The van der Waals surface area contributed by atoms with Gasteiger partial charge < -0.3 is 0 Å². The van der Waals surface area contributed by atoms with Gasteiger partial charge in [0.15, 0.2) is 9.84 Å². The number of rotatable bonds is 2. The smallest absolute Gasteiger partial charge is 0.151 e. The van der Waals surface area contributed by atoms with E-state index in [4.69, 9.17) is 4.98 Å². The van der Waals surface area contributed by atoms with Gasteiger partial charge in [0.25, 0.3) is 0 Å². The molecular weight excluding hydrogens is 314 g/mol. The third-order valence-corrected chi connectivity index (χ3v) is 6.83. The summed E-state index contributed by atoms with van der Waals surface area (Å²) in [5.74, 6) is 0.614. The number of aromatic nitrogens is 1. The van der Waals surface area contributed by atoms with Crippen LogP contribution in [0.3, 0.4) is 0 Å². The highest BCUT2D eigenvalue weighted by molar-refractivity contribution is 7.91. The van der Waals surface area contributed by atoms with Crippen molar-refractivity contribution in [1.82, 2.24) is 4.98 Å². The summed E-state index contributed by atoms with van der Waals surface area (Å²) in [5.41, 5.74) is 3.44. The second-order valence-corrected chi connectivity index (χ2v) is 10.1. The molecule has 118 valence electrons. The number of thiazole rings is 1. The van der Waals surface area contributed by atoms with E-state index in [0.717, 1.165) is 16.3 Å². The maximum atomic E-state index is 11.6. The van der Waals surface area contributed by atoms with E-state index in [1.807, 2.05) is 5.38 Å². The number of hydrogen-bond acceptors (Lipinski definition) is 4. The molecule has 5 heteroatoms. The molecule has 3 nitrogen and oxygen atoms in total. The van der Waals surface area contributed by atoms with Crippen molar-refractivity contribution in [2.24, 2.45) is 0 Å². The zero-order valence-electron chi connectivity index (χ0n) is 13.2. The Morgan fingerprint density at radius 2 is 2.05 bits per heavy atom. The SMILES string of the molecule is CC(C)(C)c1cccc(-c2nc(C3CCS(=O)(=O)C3)cs2)c1. The Morgan fingerprint density at radius 3 is 2.68 bits per heavy atom. The van der Waals surface area contributed by atoms with Crippen LogP contribution in [-0.4, -0.2) is 24.9 Å². The minimum Gasteiger partial charge on any atom is -0.241 e. The van der Waals surface area contributed by atoms with E-state index in [2.05, 4.69) is 45.0 Å². The maximum absolute atomic E-state index is 11.6. The first-order valence-corrected chi connectivity index (χ1v) is 10.2. The predicted molar refractivity (Wildman–Crippen MR) is 92.3 cm³/mol. The monoisotopic (exact) mass is 335 g/mol. The quantitative estimate of drug-likeness (QED) is 0.833. The molecule has 1 atom stereocenters.